The molecule has 0 atom stereocenters. The van der Waals surface area contributed by atoms with Gasteiger partial charge in [0.1, 0.15) is 10.5 Å². The minimum absolute atomic E-state index is 0.775. The maximum absolute atomic E-state index is 12.8. The van der Waals surface area contributed by atoms with Crippen LogP contribution in [0.3, 0.4) is 0 Å². The van der Waals surface area contributed by atoms with E-state index in [0.717, 1.165) is 6.92 Å². The van der Waals surface area contributed by atoms with Crippen molar-refractivity contribution in [1.29, 1.82) is 0 Å². The van der Waals surface area contributed by atoms with Crippen LogP contribution in [0.4, 0.5) is 48.3 Å². The van der Waals surface area contributed by atoms with Crippen molar-refractivity contribution in [3.05, 3.63) is 10.5 Å². The number of allylic oxidation sites excluding steroid dienone is 2. The molecule has 0 saturated heterocycles. The van der Waals surface area contributed by atoms with Gasteiger partial charge in [0.25, 0.3) is 0 Å². The van der Waals surface area contributed by atoms with Gasteiger partial charge in [0.15, 0.2) is 0 Å². The number of thioether (sulfide) groups is 1. The van der Waals surface area contributed by atoms with Crippen molar-refractivity contribution in [3.63, 3.8) is 0 Å². The van der Waals surface area contributed by atoms with Crippen LogP contribution in [-0.4, -0.2) is 30.2 Å². The van der Waals surface area contributed by atoms with Crippen molar-refractivity contribution in [3.8, 4) is 0 Å². The fraction of sp³-hybridized carbons (Fsp3) is 0.750. The maximum atomic E-state index is 12.8. The van der Waals surface area contributed by atoms with E-state index in [4.69, 9.17) is 0 Å². The van der Waals surface area contributed by atoms with Crippen LogP contribution in [0.1, 0.15) is 6.92 Å². The standard InChI is InChI=1S/C8H5F11S/c1-2-20-4(7(14,15)16)3(6(11,12)13)5(9,10)8(17,18)19/h2H2,1H3/b4-3-. The van der Waals surface area contributed by atoms with Gasteiger partial charge >= 0.3 is 24.5 Å². The first-order chi connectivity index (χ1) is 8.56. The van der Waals surface area contributed by atoms with E-state index in [9.17, 15) is 48.3 Å². The zero-order valence-corrected chi connectivity index (χ0v) is 10.1. The highest BCUT2D eigenvalue weighted by molar-refractivity contribution is 8.03. The molecule has 20 heavy (non-hydrogen) atoms. The maximum Gasteiger partial charge on any atom is 0.458 e. The zero-order valence-electron chi connectivity index (χ0n) is 9.27. The summed E-state index contributed by atoms with van der Waals surface area (Å²) in [5, 5.41) is 0. The Morgan fingerprint density at radius 2 is 1.15 bits per heavy atom. The summed E-state index contributed by atoms with van der Waals surface area (Å²) < 4.78 is 135. The van der Waals surface area contributed by atoms with E-state index < -0.39 is 52.4 Å². The largest absolute Gasteiger partial charge is 0.458 e. The van der Waals surface area contributed by atoms with Gasteiger partial charge in [0.05, 0.1) is 0 Å². The monoisotopic (exact) mass is 342 g/mol. The average Bonchev–Trinajstić information content (AvgIpc) is 2.10. The molecular weight excluding hydrogens is 337 g/mol. The van der Waals surface area contributed by atoms with Crippen molar-refractivity contribution in [2.24, 2.45) is 0 Å². The predicted octanol–water partition coefficient (Wildman–Crippen LogP) is 5.32. The van der Waals surface area contributed by atoms with Crippen LogP contribution in [-0.2, 0) is 0 Å². The van der Waals surface area contributed by atoms with Gasteiger partial charge < -0.3 is 0 Å². The van der Waals surface area contributed by atoms with Crippen molar-refractivity contribution in [2.75, 3.05) is 5.75 Å². The minimum atomic E-state index is -6.80. The second-order valence-electron chi connectivity index (χ2n) is 3.20. The fourth-order valence-corrected chi connectivity index (χ4v) is 1.87. The van der Waals surface area contributed by atoms with Gasteiger partial charge in [-0.15, -0.1) is 11.8 Å². The van der Waals surface area contributed by atoms with Crippen molar-refractivity contribution < 1.29 is 48.3 Å². The lowest BCUT2D eigenvalue weighted by Crippen LogP contribution is -2.45. The molecule has 0 radical (unpaired) electrons. The smallest absolute Gasteiger partial charge is 0.191 e. The normalized spacial score (nSPS) is 16.2. The summed E-state index contributed by atoms with van der Waals surface area (Å²) in [6.07, 6.45) is -19.3. The van der Waals surface area contributed by atoms with E-state index in [1.807, 2.05) is 0 Å². The molecule has 0 bridgehead atoms. The Balaban J connectivity index is 6.43. The number of rotatable bonds is 3. The third kappa shape index (κ3) is 4.16. The molecule has 0 aromatic carbocycles. The first kappa shape index (κ1) is 19.3. The molecule has 120 valence electrons. The molecule has 0 unspecified atom stereocenters. The molecule has 0 saturated carbocycles. The van der Waals surface area contributed by atoms with Gasteiger partial charge in [-0.3, -0.25) is 0 Å². The number of hydrogen-bond donors (Lipinski definition) is 0. The molecule has 0 spiro atoms. The molecule has 0 aliphatic rings. The lowest BCUT2D eigenvalue weighted by Gasteiger charge is -2.27. The van der Waals surface area contributed by atoms with Crippen molar-refractivity contribution >= 4 is 11.8 Å². The van der Waals surface area contributed by atoms with Gasteiger partial charge in [0.2, 0.25) is 0 Å². The molecule has 0 aliphatic carbocycles. The Morgan fingerprint density at radius 1 is 0.750 bits per heavy atom. The van der Waals surface area contributed by atoms with E-state index in [2.05, 4.69) is 0 Å². The zero-order chi connectivity index (χ0) is 16.6. The van der Waals surface area contributed by atoms with E-state index >= 15 is 0 Å². The predicted molar refractivity (Wildman–Crippen MR) is 48.3 cm³/mol. The summed E-state index contributed by atoms with van der Waals surface area (Å²) in [7, 11) is 0. The molecule has 0 aromatic heterocycles. The lowest BCUT2D eigenvalue weighted by atomic mass is 10.1. The van der Waals surface area contributed by atoms with Gasteiger partial charge in [-0.2, -0.15) is 48.3 Å². The van der Waals surface area contributed by atoms with Gasteiger partial charge in [-0.1, -0.05) is 6.92 Å². The molecular formula is C8H5F11S. The molecule has 0 N–H and O–H groups in total. The summed E-state index contributed by atoms with van der Waals surface area (Å²) in [6.45, 7) is 0.871. The average molecular weight is 342 g/mol. The van der Waals surface area contributed by atoms with Gasteiger partial charge in [-0.25, -0.2) is 0 Å². The molecule has 0 aliphatic heterocycles. The Labute approximate surface area is 109 Å². The number of alkyl halides is 11. The Bertz CT molecular complexity index is 369. The quantitative estimate of drug-likeness (QED) is 0.626. The van der Waals surface area contributed by atoms with Crippen molar-refractivity contribution in [2.45, 2.75) is 31.4 Å². The molecule has 12 heteroatoms. The van der Waals surface area contributed by atoms with Crippen LogP contribution in [0.5, 0.6) is 0 Å². The van der Waals surface area contributed by atoms with Crippen LogP contribution in [0, 0.1) is 0 Å². The number of halogens is 11. The van der Waals surface area contributed by atoms with Crippen LogP contribution in [0.2, 0.25) is 0 Å². The van der Waals surface area contributed by atoms with Crippen LogP contribution >= 0.6 is 11.8 Å². The van der Waals surface area contributed by atoms with Crippen LogP contribution in [0.25, 0.3) is 0 Å². The molecule has 0 amide bonds. The summed E-state index contributed by atoms with van der Waals surface area (Å²) in [4.78, 5) is -3.00. The second-order valence-corrected chi connectivity index (χ2v) is 4.48. The molecule has 0 nitrogen and oxygen atoms in total. The third-order valence-electron chi connectivity index (χ3n) is 1.73. The molecule has 0 fully saturated rings. The Hall–Kier alpha value is -0.680. The van der Waals surface area contributed by atoms with Crippen molar-refractivity contribution in [1.82, 2.24) is 0 Å². The topological polar surface area (TPSA) is 0 Å². The van der Waals surface area contributed by atoms with E-state index in [0.29, 0.717) is 0 Å². The fourth-order valence-electron chi connectivity index (χ4n) is 1.03. The molecule has 0 rings (SSSR count). The van der Waals surface area contributed by atoms with E-state index in [-0.39, 0.29) is 0 Å². The number of hydrogen-bond acceptors (Lipinski definition) is 1. The molecule has 0 heterocycles. The summed E-state index contributed by atoms with van der Waals surface area (Å²) in [5.41, 5.74) is -3.95. The first-order valence-corrected chi connectivity index (χ1v) is 5.51. The highest BCUT2D eigenvalue weighted by atomic mass is 32.2. The third-order valence-corrected chi connectivity index (χ3v) is 2.74. The highest BCUT2D eigenvalue weighted by Gasteiger charge is 2.69. The summed E-state index contributed by atoms with van der Waals surface area (Å²) >= 11 is -0.784. The first-order valence-electron chi connectivity index (χ1n) is 4.53. The van der Waals surface area contributed by atoms with Gasteiger partial charge in [-0.05, 0) is 5.75 Å². The second kappa shape index (κ2) is 5.60. The Morgan fingerprint density at radius 3 is 1.35 bits per heavy atom. The van der Waals surface area contributed by atoms with Gasteiger partial charge in [0, 0.05) is 0 Å². The van der Waals surface area contributed by atoms with Crippen LogP contribution in [0.15, 0.2) is 10.5 Å². The summed E-state index contributed by atoms with van der Waals surface area (Å²) in [6, 6.07) is 0. The Kier molecular flexibility index (Phi) is 5.41. The van der Waals surface area contributed by atoms with E-state index in [1.165, 1.54) is 0 Å². The minimum Gasteiger partial charge on any atom is -0.191 e. The highest BCUT2D eigenvalue weighted by Crippen LogP contribution is 2.53. The lowest BCUT2D eigenvalue weighted by molar-refractivity contribution is -0.282. The SMILES string of the molecule is CCS/C(=C(\C(F)(F)F)C(F)(F)C(F)(F)F)C(F)(F)F. The summed E-state index contributed by atoms with van der Waals surface area (Å²) in [5.74, 6) is -7.44. The van der Waals surface area contributed by atoms with E-state index in [1.54, 1.807) is 0 Å². The molecule has 0 aromatic rings. The van der Waals surface area contributed by atoms with Crippen LogP contribution < -0.4 is 0 Å².